The van der Waals surface area contributed by atoms with Gasteiger partial charge in [-0.05, 0) is 40.2 Å². The van der Waals surface area contributed by atoms with Crippen molar-refractivity contribution in [3.63, 3.8) is 0 Å². The van der Waals surface area contributed by atoms with Crippen molar-refractivity contribution in [2.45, 2.75) is 51.2 Å². The van der Waals surface area contributed by atoms with Gasteiger partial charge in [-0.2, -0.15) is 0 Å². The van der Waals surface area contributed by atoms with E-state index in [1.807, 2.05) is 27.7 Å². The zero-order valence-electron chi connectivity index (χ0n) is 12.7. The maximum atomic E-state index is 12.0. The molecule has 6 nitrogen and oxygen atoms in total. The van der Waals surface area contributed by atoms with Crippen molar-refractivity contribution in [2.24, 2.45) is 0 Å². The lowest BCUT2D eigenvalue weighted by atomic mass is 9.96. The summed E-state index contributed by atoms with van der Waals surface area (Å²) in [5.74, 6) is 1.51. The summed E-state index contributed by atoms with van der Waals surface area (Å²) in [5.41, 5.74) is -0.611. The van der Waals surface area contributed by atoms with Crippen molar-refractivity contribution < 1.29 is 9.53 Å². The number of H-pyrrole nitrogens is 1. The van der Waals surface area contributed by atoms with Crippen LogP contribution < -0.4 is 5.32 Å². The van der Waals surface area contributed by atoms with Gasteiger partial charge in [0.2, 0.25) is 5.16 Å². The van der Waals surface area contributed by atoms with Gasteiger partial charge < -0.3 is 10.1 Å². The maximum Gasteiger partial charge on any atom is 0.326 e. The van der Waals surface area contributed by atoms with Crippen LogP contribution in [-0.2, 0) is 9.53 Å². The number of aromatic nitrogens is 3. The molecule has 7 heteroatoms. The minimum atomic E-state index is -0.611. The van der Waals surface area contributed by atoms with Gasteiger partial charge in [0, 0.05) is 5.75 Å². The Balaban J connectivity index is 2.40. The third-order valence-corrected chi connectivity index (χ3v) is 3.86. The van der Waals surface area contributed by atoms with E-state index in [-0.39, 0.29) is 5.97 Å². The summed E-state index contributed by atoms with van der Waals surface area (Å²) in [6.07, 6.45) is 1.62. The first kappa shape index (κ1) is 17.0. The second-order valence-corrected chi connectivity index (χ2v) is 5.80. The van der Waals surface area contributed by atoms with Gasteiger partial charge in [-0.3, -0.25) is 9.89 Å². The molecule has 0 saturated heterocycles. The van der Waals surface area contributed by atoms with Gasteiger partial charge in [0.05, 0.1) is 6.61 Å². The number of nitrogens with zero attached hydrogens (tertiary/aromatic N) is 2. The number of aryl methyl sites for hydroxylation is 1. The van der Waals surface area contributed by atoms with Gasteiger partial charge in [0.15, 0.2) is 0 Å². The van der Waals surface area contributed by atoms with E-state index < -0.39 is 5.54 Å². The molecule has 1 atom stereocenters. The third-order valence-electron chi connectivity index (χ3n) is 2.92. The largest absolute Gasteiger partial charge is 0.465 e. The second kappa shape index (κ2) is 8.26. The first-order valence-corrected chi connectivity index (χ1v) is 7.94. The van der Waals surface area contributed by atoms with Crippen molar-refractivity contribution in [1.29, 1.82) is 0 Å². The smallest absolute Gasteiger partial charge is 0.326 e. The first-order valence-electron chi connectivity index (χ1n) is 6.96. The Morgan fingerprint density at radius 2 is 2.25 bits per heavy atom. The van der Waals surface area contributed by atoms with Gasteiger partial charge >= 0.3 is 5.97 Å². The Morgan fingerprint density at radius 1 is 1.50 bits per heavy atom. The van der Waals surface area contributed by atoms with Crippen molar-refractivity contribution in [3.05, 3.63) is 5.82 Å². The molecule has 1 aromatic heterocycles. The molecule has 0 fully saturated rings. The Hall–Kier alpha value is -1.08. The number of likely N-dealkylation sites (N-methyl/N-ethyl adjacent to an activating group) is 1. The highest BCUT2D eigenvalue weighted by atomic mass is 32.2. The first-order chi connectivity index (χ1) is 9.51. The molecule has 0 aliphatic heterocycles. The molecule has 0 aromatic carbocycles. The van der Waals surface area contributed by atoms with Crippen LogP contribution in [0.1, 0.15) is 39.4 Å². The molecule has 0 bridgehead atoms. The van der Waals surface area contributed by atoms with Gasteiger partial charge in [0.1, 0.15) is 11.4 Å². The number of carbonyl (C=O) groups excluding carboxylic acids is 1. The molecule has 1 heterocycles. The molecule has 2 N–H and O–H groups in total. The third kappa shape index (κ3) is 5.13. The fourth-order valence-electron chi connectivity index (χ4n) is 1.92. The predicted molar refractivity (Wildman–Crippen MR) is 79.8 cm³/mol. The van der Waals surface area contributed by atoms with Gasteiger partial charge in [-0.1, -0.05) is 18.7 Å². The van der Waals surface area contributed by atoms with E-state index in [4.69, 9.17) is 4.74 Å². The lowest BCUT2D eigenvalue weighted by Crippen LogP contribution is -2.50. The highest BCUT2D eigenvalue weighted by Gasteiger charge is 2.33. The average Bonchev–Trinajstić information content (AvgIpc) is 2.81. The van der Waals surface area contributed by atoms with E-state index in [9.17, 15) is 4.79 Å². The van der Waals surface area contributed by atoms with Crippen LogP contribution in [0.2, 0.25) is 0 Å². The number of ether oxygens (including phenoxy) is 1. The van der Waals surface area contributed by atoms with Crippen LogP contribution >= 0.6 is 11.8 Å². The average molecular weight is 300 g/mol. The summed E-state index contributed by atoms with van der Waals surface area (Å²) < 4.78 is 5.14. The number of carbonyl (C=O) groups is 1. The molecule has 0 amide bonds. The molecule has 1 unspecified atom stereocenters. The zero-order valence-corrected chi connectivity index (χ0v) is 13.5. The van der Waals surface area contributed by atoms with Crippen LogP contribution in [0.3, 0.4) is 0 Å². The fraction of sp³-hybridized carbons (Fsp3) is 0.769. The van der Waals surface area contributed by atoms with E-state index in [2.05, 4.69) is 20.5 Å². The van der Waals surface area contributed by atoms with E-state index in [0.717, 1.165) is 36.1 Å². The minimum Gasteiger partial charge on any atom is -0.465 e. The van der Waals surface area contributed by atoms with Gasteiger partial charge in [-0.25, -0.2) is 4.98 Å². The molecule has 0 aliphatic carbocycles. The van der Waals surface area contributed by atoms with E-state index in [1.54, 1.807) is 11.8 Å². The Bertz CT molecular complexity index is 424. The molecule has 114 valence electrons. The van der Waals surface area contributed by atoms with Crippen LogP contribution in [0.25, 0.3) is 0 Å². The number of aromatic amines is 1. The molecular formula is C13H24N4O2S. The van der Waals surface area contributed by atoms with Crippen molar-refractivity contribution in [1.82, 2.24) is 20.5 Å². The minimum absolute atomic E-state index is 0.180. The van der Waals surface area contributed by atoms with Crippen LogP contribution in [0.5, 0.6) is 0 Å². The molecule has 0 spiro atoms. The van der Waals surface area contributed by atoms with Crippen molar-refractivity contribution >= 4 is 17.7 Å². The maximum absolute atomic E-state index is 12.0. The molecule has 0 radical (unpaired) electrons. The summed E-state index contributed by atoms with van der Waals surface area (Å²) in [5, 5.41) is 10.9. The summed E-state index contributed by atoms with van der Waals surface area (Å²) in [6.45, 7) is 8.73. The fourth-order valence-corrected chi connectivity index (χ4v) is 2.70. The van der Waals surface area contributed by atoms with Gasteiger partial charge in [0.25, 0.3) is 0 Å². The summed E-state index contributed by atoms with van der Waals surface area (Å²) in [7, 11) is 0. The number of esters is 1. The van der Waals surface area contributed by atoms with Crippen LogP contribution in [0.15, 0.2) is 5.16 Å². The molecule has 20 heavy (non-hydrogen) atoms. The summed E-state index contributed by atoms with van der Waals surface area (Å²) in [6, 6.07) is 0. The predicted octanol–water partition coefficient (Wildman–Crippen LogP) is 1.92. The monoisotopic (exact) mass is 300 g/mol. The topological polar surface area (TPSA) is 79.9 Å². The number of nitrogens with one attached hydrogen (secondary N) is 2. The second-order valence-electron chi connectivity index (χ2n) is 4.74. The van der Waals surface area contributed by atoms with Gasteiger partial charge in [-0.15, -0.1) is 5.10 Å². The molecule has 1 rings (SSSR count). The molecular weight excluding hydrogens is 276 g/mol. The lowest BCUT2D eigenvalue weighted by molar-refractivity contribution is -0.150. The van der Waals surface area contributed by atoms with E-state index >= 15 is 0 Å². The standard InChI is InChI=1S/C13H24N4O2S/c1-5-14-13(4,11(18)19-6-2)8-7-9-20-12-15-10(3)16-17-12/h14H,5-9H2,1-4H3,(H,15,16,17). The SMILES string of the molecule is CCNC(C)(CCCSc1n[nH]c(C)n1)C(=O)OCC. The lowest BCUT2D eigenvalue weighted by Gasteiger charge is -2.28. The normalized spacial score (nSPS) is 14.0. The van der Waals surface area contributed by atoms with Crippen molar-refractivity contribution in [2.75, 3.05) is 18.9 Å². The van der Waals surface area contributed by atoms with E-state index in [1.165, 1.54) is 0 Å². The van der Waals surface area contributed by atoms with Crippen LogP contribution in [0.4, 0.5) is 0 Å². The summed E-state index contributed by atoms with van der Waals surface area (Å²) in [4.78, 5) is 16.2. The van der Waals surface area contributed by atoms with Crippen LogP contribution in [-0.4, -0.2) is 45.6 Å². The Kier molecular flexibility index (Phi) is 7.01. The Labute approximate surface area is 124 Å². The summed E-state index contributed by atoms with van der Waals surface area (Å²) >= 11 is 1.59. The molecule has 0 saturated carbocycles. The number of hydrogen-bond acceptors (Lipinski definition) is 6. The number of hydrogen-bond donors (Lipinski definition) is 2. The zero-order chi connectivity index (χ0) is 15.0. The van der Waals surface area contributed by atoms with E-state index in [0.29, 0.717) is 6.61 Å². The van der Waals surface area contributed by atoms with Crippen LogP contribution in [0, 0.1) is 6.92 Å². The highest BCUT2D eigenvalue weighted by molar-refractivity contribution is 7.99. The number of thioether (sulfide) groups is 1. The highest BCUT2D eigenvalue weighted by Crippen LogP contribution is 2.19. The molecule has 0 aliphatic rings. The van der Waals surface area contributed by atoms with Crippen molar-refractivity contribution in [3.8, 4) is 0 Å². The number of rotatable bonds is 9. The Morgan fingerprint density at radius 3 is 2.80 bits per heavy atom. The molecule has 1 aromatic rings. The quantitative estimate of drug-likeness (QED) is 0.412.